The topological polar surface area (TPSA) is 0 Å². The lowest BCUT2D eigenvalue weighted by Crippen LogP contribution is -1.66. The van der Waals surface area contributed by atoms with E-state index in [1.54, 1.807) is 0 Å². The molecule has 1 radical (unpaired) electrons. The number of rotatable bonds is 0. The number of hydrogen-bond donors (Lipinski definition) is 0. The predicted molar refractivity (Wildman–Crippen MR) is 58.3 cm³/mol. The Morgan fingerprint density at radius 1 is 0.692 bits per heavy atom. The summed E-state index contributed by atoms with van der Waals surface area (Å²) in [7, 11) is 0. The molecule has 0 spiro atoms. The Bertz CT molecular complexity index is 216. The van der Waals surface area contributed by atoms with Crippen LogP contribution in [0.25, 0.3) is 0 Å². The first-order chi connectivity index (χ1) is 6.50. The highest BCUT2D eigenvalue weighted by Crippen LogP contribution is 2.00. The van der Waals surface area contributed by atoms with Crippen molar-refractivity contribution in [2.45, 2.75) is 32.1 Å². The van der Waals surface area contributed by atoms with Crippen LogP contribution in [0, 0.1) is 6.08 Å². The second-order valence-electron chi connectivity index (χ2n) is 3.11. The van der Waals surface area contributed by atoms with Crippen LogP contribution in [-0.4, -0.2) is 0 Å². The fraction of sp³-hybridized carbons (Fsp3) is 0.385. The van der Waals surface area contributed by atoms with E-state index in [0.29, 0.717) is 0 Å². The molecule has 13 heavy (non-hydrogen) atoms. The average Bonchev–Trinajstić information content (AvgIpc) is 2.18. The number of allylic oxidation sites excluding steroid dienone is 8. The Morgan fingerprint density at radius 2 is 1.38 bits per heavy atom. The van der Waals surface area contributed by atoms with Crippen molar-refractivity contribution in [3.05, 3.63) is 48.6 Å². The van der Waals surface area contributed by atoms with Crippen LogP contribution in [0.15, 0.2) is 42.5 Å². The van der Waals surface area contributed by atoms with Gasteiger partial charge in [-0.2, -0.15) is 0 Å². The third kappa shape index (κ3) is 6.15. The Morgan fingerprint density at radius 3 is 2.23 bits per heavy atom. The zero-order valence-electron chi connectivity index (χ0n) is 8.08. The summed E-state index contributed by atoms with van der Waals surface area (Å²) in [5.74, 6) is 0. The highest BCUT2D eigenvalue weighted by atomic mass is 13.9. The summed E-state index contributed by atoms with van der Waals surface area (Å²) in [6.45, 7) is 0. The van der Waals surface area contributed by atoms with Crippen LogP contribution < -0.4 is 0 Å². The van der Waals surface area contributed by atoms with E-state index in [-0.39, 0.29) is 0 Å². The molecule has 0 aromatic rings. The van der Waals surface area contributed by atoms with Crippen LogP contribution in [-0.2, 0) is 0 Å². The van der Waals surface area contributed by atoms with E-state index in [2.05, 4.69) is 42.5 Å². The molecule has 0 N–H and O–H groups in total. The molecular formula is C13H17. The van der Waals surface area contributed by atoms with Gasteiger partial charge in [0.2, 0.25) is 0 Å². The lowest BCUT2D eigenvalue weighted by atomic mass is 10.2. The van der Waals surface area contributed by atoms with Crippen LogP contribution in [0.1, 0.15) is 32.1 Å². The second-order valence-corrected chi connectivity index (χ2v) is 3.11. The van der Waals surface area contributed by atoms with Crippen molar-refractivity contribution in [3.8, 4) is 0 Å². The Hall–Kier alpha value is -1.04. The van der Waals surface area contributed by atoms with Gasteiger partial charge in [-0.25, -0.2) is 0 Å². The summed E-state index contributed by atoms with van der Waals surface area (Å²) in [4.78, 5) is 0. The molecule has 1 aliphatic carbocycles. The lowest BCUT2D eigenvalue weighted by Gasteiger charge is -1.87. The maximum absolute atomic E-state index is 3.15. The Kier molecular flexibility index (Phi) is 5.87. The maximum atomic E-state index is 3.15. The minimum absolute atomic E-state index is 1.03. The van der Waals surface area contributed by atoms with Gasteiger partial charge in [0.25, 0.3) is 0 Å². The van der Waals surface area contributed by atoms with E-state index in [4.69, 9.17) is 0 Å². The van der Waals surface area contributed by atoms with Gasteiger partial charge in [-0.05, 0) is 38.2 Å². The predicted octanol–water partition coefficient (Wildman–Crippen LogP) is 3.98. The van der Waals surface area contributed by atoms with Gasteiger partial charge in [0.15, 0.2) is 0 Å². The zero-order valence-corrected chi connectivity index (χ0v) is 8.08. The van der Waals surface area contributed by atoms with E-state index >= 15 is 0 Å². The molecule has 0 unspecified atom stereocenters. The third-order valence-electron chi connectivity index (χ3n) is 1.92. The van der Waals surface area contributed by atoms with Crippen molar-refractivity contribution in [2.24, 2.45) is 0 Å². The van der Waals surface area contributed by atoms with Gasteiger partial charge < -0.3 is 0 Å². The molecular weight excluding hydrogens is 156 g/mol. The van der Waals surface area contributed by atoms with E-state index in [0.717, 1.165) is 19.3 Å². The summed E-state index contributed by atoms with van der Waals surface area (Å²) in [6, 6.07) is 0. The van der Waals surface area contributed by atoms with Gasteiger partial charge >= 0.3 is 0 Å². The molecule has 0 aromatic heterocycles. The van der Waals surface area contributed by atoms with Crippen molar-refractivity contribution in [2.75, 3.05) is 0 Å². The summed E-state index contributed by atoms with van der Waals surface area (Å²) in [6.07, 6.45) is 24.0. The quantitative estimate of drug-likeness (QED) is 0.486. The van der Waals surface area contributed by atoms with Crippen LogP contribution in [0.4, 0.5) is 0 Å². The van der Waals surface area contributed by atoms with Crippen LogP contribution in [0.5, 0.6) is 0 Å². The van der Waals surface area contributed by atoms with E-state index in [1.807, 2.05) is 6.08 Å². The molecule has 0 amide bonds. The zero-order chi connectivity index (χ0) is 9.19. The standard InChI is InChI=1S/C13H17/c1-2-4-6-8-10-12-13-11-9-7-5-3-1/h1-2,5,7-8,10-11H,3-4,6,12-13H2/b2-1+,7-5+,10-8+,11-9?. The van der Waals surface area contributed by atoms with Gasteiger partial charge in [0, 0.05) is 0 Å². The first-order valence-corrected chi connectivity index (χ1v) is 5.03. The first-order valence-electron chi connectivity index (χ1n) is 5.03. The average molecular weight is 173 g/mol. The Balaban J connectivity index is 2.38. The van der Waals surface area contributed by atoms with Gasteiger partial charge in [0.1, 0.15) is 0 Å². The van der Waals surface area contributed by atoms with Gasteiger partial charge in [-0.1, -0.05) is 42.5 Å². The number of hydrogen-bond acceptors (Lipinski definition) is 0. The molecule has 0 bridgehead atoms. The van der Waals surface area contributed by atoms with Crippen LogP contribution in [0.3, 0.4) is 0 Å². The molecule has 0 heterocycles. The maximum Gasteiger partial charge on any atom is -0.0166 e. The lowest BCUT2D eigenvalue weighted by molar-refractivity contribution is 1.00. The normalized spacial score (nSPS) is 28.9. The summed E-state index contributed by atoms with van der Waals surface area (Å²) >= 11 is 0. The summed E-state index contributed by atoms with van der Waals surface area (Å²) < 4.78 is 0. The highest BCUT2D eigenvalue weighted by Gasteiger charge is 1.80. The first kappa shape index (κ1) is 10.0. The molecule has 0 atom stereocenters. The SMILES string of the molecule is [C]1=C/CC/C=C/CC/C=C/C/C=C/1. The molecule has 0 saturated carbocycles. The molecule has 1 aliphatic rings. The fourth-order valence-corrected chi connectivity index (χ4v) is 1.19. The third-order valence-corrected chi connectivity index (χ3v) is 1.92. The monoisotopic (exact) mass is 173 g/mol. The largest absolute Gasteiger partial charge is 0.0882 e. The van der Waals surface area contributed by atoms with Gasteiger partial charge in [-0.15, -0.1) is 0 Å². The fourth-order valence-electron chi connectivity index (χ4n) is 1.19. The van der Waals surface area contributed by atoms with Crippen molar-refractivity contribution in [1.82, 2.24) is 0 Å². The van der Waals surface area contributed by atoms with Gasteiger partial charge in [0.05, 0.1) is 0 Å². The van der Waals surface area contributed by atoms with E-state index in [9.17, 15) is 0 Å². The molecule has 0 heteroatoms. The molecule has 0 aliphatic heterocycles. The van der Waals surface area contributed by atoms with Crippen molar-refractivity contribution in [3.63, 3.8) is 0 Å². The molecule has 0 aromatic carbocycles. The summed E-state index contributed by atoms with van der Waals surface area (Å²) in [5, 5.41) is 0. The molecule has 0 nitrogen and oxygen atoms in total. The van der Waals surface area contributed by atoms with Crippen molar-refractivity contribution in [1.29, 1.82) is 0 Å². The van der Waals surface area contributed by atoms with Crippen molar-refractivity contribution < 1.29 is 0 Å². The molecule has 0 fully saturated rings. The van der Waals surface area contributed by atoms with Crippen LogP contribution >= 0.6 is 0 Å². The van der Waals surface area contributed by atoms with Gasteiger partial charge in [-0.3, -0.25) is 0 Å². The molecule has 0 saturated heterocycles. The Labute approximate surface area is 81.4 Å². The molecule has 69 valence electrons. The van der Waals surface area contributed by atoms with E-state index < -0.39 is 0 Å². The summed E-state index contributed by atoms with van der Waals surface area (Å²) in [5.41, 5.74) is 0. The smallest absolute Gasteiger partial charge is 0.0166 e. The second kappa shape index (κ2) is 7.60. The molecule has 1 rings (SSSR count). The minimum Gasteiger partial charge on any atom is -0.0882 e. The van der Waals surface area contributed by atoms with E-state index in [1.165, 1.54) is 12.8 Å². The van der Waals surface area contributed by atoms with Crippen LogP contribution in [0.2, 0.25) is 0 Å². The van der Waals surface area contributed by atoms with Crippen molar-refractivity contribution >= 4 is 0 Å². The minimum atomic E-state index is 1.03. The highest BCUT2D eigenvalue weighted by molar-refractivity contribution is 5.01.